The van der Waals surface area contributed by atoms with E-state index in [0.717, 1.165) is 39.0 Å². The van der Waals surface area contributed by atoms with E-state index in [1.807, 2.05) is 6.07 Å². The van der Waals surface area contributed by atoms with Gasteiger partial charge in [0.25, 0.3) is 0 Å². The van der Waals surface area contributed by atoms with E-state index in [4.69, 9.17) is 4.42 Å². The Hall–Kier alpha value is -5.86. The number of rotatable bonds is 3. The first-order valence-corrected chi connectivity index (χ1v) is 16.4. The largest absolute Gasteiger partial charge is 0.454 e. The second kappa shape index (κ2) is 9.57. The van der Waals surface area contributed by atoms with E-state index in [-0.39, 0.29) is 5.41 Å². The van der Waals surface area contributed by atoms with Crippen LogP contribution in [0.1, 0.15) is 25.0 Å². The highest BCUT2D eigenvalue weighted by Crippen LogP contribution is 2.55. The van der Waals surface area contributed by atoms with Crippen molar-refractivity contribution in [3.63, 3.8) is 0 Å². The topological polar surface area (TPSA) is 16.4 Å². The molecule has 10 rings (SSSR count). The highest BCUT2D eigenvalue weighted by atomic mass is 16.3. The predicted octanol–water partition coefficient (Wildman–Crippen LogP) is 12.8. The molecule has 9 aromatic rings. The Morgan fingerprint density at radius 1 is 0.489 bits per heavy atom. The lowest BCUT2D eigenvalue weighted by molar-refractivity contribution is 0.667. The van der Waals surface area contributed by atoms with Crippen molar-refractivity contribution in [3.8, 4) is 11.1 Å². The first-order valence-electron chi connectivity index (χ1n) is 16.4. The third-order valence-electron chi connectivity index (χ3n) is 10.4. The summed E-state index contributed by atoms with van der Waals surface area (Å²) < 4.78 is 6.55. The van der Waals surface area contributed by atoms with Crippen LogP contribution in [0.15, 0.2) is 156 Å². The highest BCUT2D eigenvalue weighted by molar-refractivity contribution is 6.19. The number of anilines is 3. The average Bonchev–Trinajstić information content (AvgIpc) is 3.61. The predicted molar refractivity (Wildman–Crippen MR) is 198 cm³/mol. The van der Waals surface area contributed by atoms with Crippen molar-refractivity contribution in [3.05, 3.63) is 163 Å². The van der Waals surface area contributed by atoms with Gasteiger partial charge in [0.15, 0.2) is 5.58 Å². The fourth-order valence-corrected chi connectivity index (χ4v) is 8.27. The number of hydrogen-bond acceptors (Lipinski definition) is 2. The van der Waals surface area contributed by atoms with Crippen molar-refractivity contribution < 1.29 is 4.42 Å². The van der Waals surface area contributed by atoms with Crippen LogP contribution in [0.2, 0.25) is 0 Å². The van der Waals surface area contributed by atoms with E-state index >= 15 is 0 Å². The molecule has 0 radical (unpaired) electrons. The van der Waals surface area contributed by atoms with Gasteiger partial charge in [-0.15, -0.1) is 0 Å². The van der Waals surface area contributed by atoms with E-state index in [9.17, 15) is 0 Å². The molecule has 8 aromatic carbocycles. The van der Waals surface area contributed by atoms with Crippen molar-refractivity contribution in [2.75, 3.05) is 4.90 Å². The average molecular weight is 602 g/mol. The van der Waals surface area contributed by atoms with Crippen molar-refractivity contribution in [1.82, 2.24) is 0 Å². The van der Waals surface area contributed by atoms with Crippen LogP contribution in [-0.2, 0) is 5.41 Å². The molecule has 2 heteroatoms. The Morgan fingerprint density at radius 3 is 1.96 bits per heavy atom. The van der Waals surface area contributed by atoms with Gasteiger partial charge < -0.3 is 9.32 Å². The Balaban J connectivity index is 1.22. The molecule has 1 aliphatic carbocycles. The minimum absolute atomic E-state index is 0.155. The van der Waals surface area contributed by atoms with E-state index in [0.29, 0.717) is 0 Å². The van der Waals surface area contributed by atoms with Gasteiger partial charge in [-0.3, -0.25) is 0 Å². The summed E-state index contributed by atoms with van der Waals surface area (Å²) in [6.07, 6.45) is 0. The Bertz CT molecular complexity index is 2720. The molecule has 0 saturated carbocycles. The monoisotopic (exact) mass is 601 g/mol. The van der Waals surface area contributed by atoms with Crippen molar-refractivity contribution >= 4 is 71.3 Å². The van der Waals surface area contributed by atoms with Gasteiger partial charge in [0, 0.05) is 27.6 Å². The first-order chi connectivity index (χ1) is 23.1. The van der Waals surface area contributed by atoms with Crippen LogP contribution in [-0.4, -0.2) is 0 Å². The fraction of sp³-hybridized carbons (Fsp3) is 0.0667. The maximum Gasteiger partial charge on any atom is 0.159 e. The standard InChI is InChI=1S/C45H31NO/c1-45(2)39-27-29-25-31(46(30-13-4-3-5-14-30)40-21-12-20-37-34-17-10-11-22-41(34)47-44(37)40)24-23-28(29)26-38(39)42-35-18-8-6-15-32(35)33-16-7-9-19-36(33)43(42)45/h3-27H,1-2H3. The zero-order chi connectivity index (χ0) is 31.3. The molecule has 2 nitrogen and oxygen atoms in total. The summed E-state index contributed by atoms with van der Waals surface area (Å²) in [5.41, 5.74) is 10.4. The van der Waals surface area contributed by atoms with Gasteiger partial charge in [0.1, 0.15) is 5.58 Å². The summed E-state index contributed by atoms with van der Waals surface area (Å²) in [5, 5.41) is 10.0. The van der Waals surface area contributed by atoms with E-state index < -0.39 is 0 Å². The molecule has 222 valence electrons. The van der Waals surface area contributed by atoms with Crippen LogP contribution < -0.4 is 4.90 Å². The molecule has 0 unspecified atom stereocenters. The van der Waals surface area contributed by atoms with Gasteiger partial charge in [-0.05, 0) is 103 Å². The smallest absolute Gasteiger partial charge is 0.159 e. The number of benzene rings is 8. The van der Waals surface area contributed by atoms with Gasteiger partial charge in [-0.25, -0.2) is 0 Å². The van der Waals surface area contributed by atoms with E-state index in [1.165, 1.54) is 54.6 Å². The van der Waals surface area contributed by atoms with Crippen molar-refractivity contribution in [2.45, 2.75) is 19.3 Å². The van der Waals surface area contributed by atoms with Crippen LogP contribution >= 0.6 is 0 Å². The van der Waals surface area contributed by atoms with Gasteiger partial charge in [0.2, 0.25) is 0 Å². The summed E-state index contributed by atoms with van der Waals surface area (Å²) >= 11 is 0. The SMILES string of the molecule is CC1(C)c2cc3cc(N(c4ccccc4)c4cccc5c4oc4ccccc45)ccc3cc2-c2c1c1ccccc1c1ccccc21. The molecular weight excluding hydrogens is 571 g/mol. The van der Waals surface area contributed by atoms with Gasteiger partial charge in [0.05, 0.1) is 5.69 Å². The molecule has 1 heterocycles. The molecule has 0 amide bonds. The number of fused-ring (bicyclic) bond motifs is 12. The summed E-state index contributed by atoms with van der Waals surface area (Å²) in [6, 6.07) is 55.0. The van der Waals surface area contributed by atoms with Crippen molar-refractivity contribution in [1.29, 1.82) is 0 Å². The third kappa shape index (κ3) is 3.67. The molecule has 0 atom stereocenters. The lowest BCUT2D eigenvalue weighted by atomic mass is 9.79. The molecular formula is C45H31NO. The fourth-order valence-electron chi connectivity index (χ4n) is 8.27. The summed E-state index contributed by atoms with van der Waals surface area (Å²) in [7, 11) is 0. The summed E-state index contributed by atoms with van der Waals surface area (Å²) in [4.78, 5) is 2.33. The molecule has 1 aliphatic rings. The second-order valence-corrected chi connectivity index (χ2v) is 13.3. The molecule has 47 heavy (non-hydrogen) atoms. The van der Waals surface area contributed by atoms with Gasteiger partial charge >= 0.3 is 0 Å². The molecule has 0 N–H and O–H groups in total. The van der Waals surface area contributed by atoms with Crippen LogP contribution in [0.25, 0.3) is 65.4 Å². The van der Waals surface area contributed by atoms with Crippen LogP contribution in [0.4, 0.5) is 17.1 Å². The maximum atomic E-state index is 6.55. The zero-order valence-corrected chi connectivity index (χ0v) is 26.3. The van der Waals surface area contributed by atoms with E-state index in [2.05, 4.69) is 164 Å². The summed E-state index contributed by atoms with van der Waals surface area (Å²) in [5.74, 6) is 0. The zero-order valence-electron chi connectivity index (χ0n) is 26.3. The van der Waals surface area contributed by atoms with Gasteiger partial charge in [-0.1, -0.05) is 117 Å². The lowest BCUT2D eigenvalue weighted by Gasteiger charge is -2.26. The number of para-hydroxylation sites is 3. The molecule has 0 aliphatic heterocycles. The third-order valence-corrected chi connectivity index (χ3v) is 10.4. The molecule has 0 spiro atoms. The molecule has 0 saturated heterocycles. The number of furan rings is 1. The lowest BCUT2D eigenvalue weighted by Crippen LogP contribution is -2.15. The molecule has 1 aromatic heterocycles. The van der Waals surface area contributed by atoms with Crippen LogP contribution in [0.5, 0.6) is 0 Å². The normalized spacial score (nSPS) is 13.5. The second-order valence-electron chi connectivity index (χ2n) is 13.3. The van der Waals surface area contributed by atoms with E-state index in [1.54, 1.807) is 0 Å². The summed E-state index contributed by atoms with van der Waals surface area (Å²) in [6.45, 7) is 4.79. The van der Waals surface area contributed by atoms with Gasteiger partial charge in [-0.2, -0.15) is 0 Å². The highest BCUT2D eigenvalue weighted by Gasteiger charge is 2.38. The number of nitrogens with zero attached hydrogens (tertiary/aromatic N) is 1. The minimum Gasteiger partial charge on any atom is -0.454 e. The quantitative estimate of drug-likeness (QED) is 0.187. The number of hydrogen-bond donors (Lipinski definition) is 0. The maximum absolute atomic E-state index is 6.55. The van der Waals surface area contributed by atoms with Crippen LogP contribution in [0, 0.1) is 0 Å². The minimum atomic E-state index is -0.155. The van der Waals surface area contributed by atoms with Crippen molar-refractivity contribution in [2.24, 2.45) is 0 Å². The first kappa shape index (κ1) is 26.4. The van der Waals surface area contributed by atoms with Crippen LogP contribution in [0.3, 0.4) is 0 Å². The Labute approximate surface area is 273 Å². The Morgan fingerprint density at radius 2 is 1.15 bits per heavy atom. The molecule has 0 fully saturated rings. The molecule has 0 bridgehead atoms. The Kier molecular flexibility index (Phi) is 5.37.